The highest BCUT2D eigenvalue weighted by atomic mass is 16.2. The van der Waals surface area contributed by atoms with Gasteiger partial charge in [0.15, 0.2) is 0 Å². The van der Waals surface area contributed by atoms with E-state index in [0.717, 1.165) is 37.9 Å². The Labute approximate surface area is 153 Å². The number of imide groups is 1. The molecule has 0 aromatic heterocycles. The number of rotatable bonds is 6. The van der Waals surface area contributed by atoms with Crippen LogP contribution in [0.25, 0.3) is 0 Å². The second kappa shape index (κ2) is 7.86. The molecule has 2 aliphatic rings. The van der Waals surface area contributed by atoms with Crippen LogP contribution in [0, 0.1) is 5.92 Å². The van der Waals surface area contributed by atoms with Crippen molar-refractivity contribution in [3.05, 3.63) is 35.4 Å². The van der Waals surface area contributed by atoms with Crippen molar-refractivity contribution in [1.82, 2.24) is 21.3 Å². The van der Waals surface area contributed by atoms with E-state index >= 15 is 0 Å². The molecule has 0 aliphatic carbocycles. The molecule has 0 saturated carbocycles. The summed E-state index contributed by atoms with van der Waals surface area (Å²) in [7, 11) is 0. The number of amides is 4. The van der Waals surface area contributed by atoms with Crippen LogP contribution in [0.4, 0.5) is 4.79 Å². The summed E-state index contributed by atoms with van der Waals surface area (Å²) in [5.41, 5.74) is 0.618. The van der Waals surface area contributed by atoms with Gasteiger partial charge in [-0.2, -0.15) is 0 Å². The van der Waals surface area contributed by atoms with E-state index in [2.05, 4.69) is 21.3 Å². The van der Waals surface area contributed by atoms with E-state index in [0.29, 0.717) is 24.4 Å². The fourth-order valence-electron chi connectivity index (χ4n) is 3.50. The number of carbonyl (C=O) groups is 3. The number of benzene rings is 1. The first kappa shape index (κ1) is 18.4. The van der Waals surface area contributed by atoms with Crippen molar-refractivity contribution in [3.63, 3.8) is 0 Å². The van der Waals surface area contributed by atoms with E-state index in [9.17, 15) is 14.4 Å². The molecule has 0 spiro atoms. The molecule has 1 aromatic carbocycles. The van der Waals surface area contributed by atoms with Crippen LogP contribution in [0.15, 0.2) is 24.3 Å². The van der Waals surface area contributed by atoms with Crippen LogP contribution in [-0.2, 0) is 21.7 Å². The molecule has 4 amide bonds. The molecular formula is C19H26N4O3. The molecule has 1 atom stereocenters. The standard InChI is InChI=1S/C19H26N4O3/c1-19(17(25)22-18(26)23-19)15-5-2-14(3-6-15)12-21-16(24)7-4-13-8-10-20-11-9-13/h2-3,5-6,13,20H,4,7-12H2,1H3,(H,21,24)(H2,22,23,25,26). The van der Waals surface area contributed by atoms with Gasteiger partial charge in [-0.15, -0.1) is 0 Å². The quantitative estimate of drug-likeness (QED) is 0.573. The third-order valence-corrected chi connectivity index (χ3v) is 5.30. The van der Waals surface area contributed by atoms with Crippen LogP contribution in [-0.4, -0.2) is 30.9 Å². The summed E-state index contributed by atoms with van der Waals surface area (Å²) in [4.78, 5) is 35.4. The minimum atomic E-state index is -1.05. The molecule has 1 aromatic rings. The maximum absolute atomic E-state index is 12.0. The Kier molecular flexibility index (Phi) is 5.56. The number of urea groups is 1. The first-order chi connectivity index (χ1) is 12.5. The highest BCUT2D eigenvalue weighted by molar-refractivity contribution is 6.07. The van der Waals surface area contributed by atoms with Crippen LogP contribution in [0.1, 0.15) is 43.7 Å². The number of nitrogens with one attached hydrogen (secondary N) is 4. The van der Waals surface area contributed by atoms with Gasteiger partial charge in [0.25, 0.3) is 5.91 Å². The van der Waals surface area contributed by atoms with E-state index in [4.69, 9.17) is 0 Å². The van der Waals surface area contributed by atoms with Gasteiger partial charge in [-0.1, -0.05) is 24.3 Å². The molecule has 7 nitrogen and oxygen atoms in total. The molecule has 0 radical (unpaired) electrons. The van der Waals surface area contributed by atoms with Gasteiger partial charge in [-0.3, -0.25) is 14.9 Å². The molecular weight excluding hydrogens is 332 g/mol. The van der Waals surface area contributed by atoms with E-state index in [1.165, 1.54) is 0 Å². The van der Waals surface area contributed by atoms with Crippen molar-refractivity contribution in [2.24, 2.45) is 5.92 Å². The van der Waals surface area contributed by atoms with Crippen molar-refractivity contribution >= 4 is 17.8 Å². The van der Waals surface area contributed by atoms with Crippen LogP contribution in [0.3, 0.4) is 0 Å². The van der Waals surface area contributed by atoms with Gasteiger partial charge in [-0.25, -0.2) is 4.79 Å². The monoisotopic (exact) mass is 358 g/mol. The summed E-state index contributed by atoms with van der Waals surface area (Å²) in [6, 6.07) is 6.86. The van der Waals surface area contributed by atoms with Gasteiger partial charge in [-0.05, 0) is 56.3 Å². The number of piperidine rings is 1. The third kappa shape index (κ3) is 4.22. The smallest absolute Gasteiger partial charge is 0.322 e. The second-order valence-corrected chi connectivity index (χ2v) is 7.24. The topological polar surface area (TPSA) is 99.3 Å². The van der Waals surface area contributed by atoms with Crippen LogP contribution >= 0.6 is 0 Å². The Balaban J connectivity index is 1.47. The highest BCUT2D eigenvalue weighted by Crippen LogP contribution is 2.24. The Morgan fingerprint density at radius 1 is 1.19 bits per heavy atom. The zero-order valence-electron chi connectivity index (χ0n) is 15.1. The summed E-state index contributed by atoms with van der Waals surface area (Å²) < 4.78 is 0. The third-order valence-electron chi connectivity index (χ3n) is 5.30. The van der Waals surface area contributed by atoms with Crippen molar-refractivity contribution in [3.8, 4) is 0 Å². The van der Waals surface area contributed by atoms with Crippen LogP contribution in [0.2, 0.25) is 0 Å². The van der Waals surface area contributed by atoms with Gasteiger partial charge in [0.05, 0.1) is 0 Å². The fraction of sp³-hybridized carbons (Fsp3) is 0.526. The van der Waals surface area contributed by atoms with Crippen molar-refractivity contribution in [1.29, 1.82) is 0 Å². The molecule has 7 heteroatoms. The second-order valence-electron chi connectivity index (χ2n) is 7.24. The Morgan fingerprint density at radius 3 is 2.50 bits per heavy atom. The highest BCUT2D eigenvalue weighted by Gasteiger charge is 2.43. The van der Waals surface area contributed by atoms with Gasteiger partial charge in [0.2, 0.25) is 5.91 Å². The fourth-order valence-corrected chi connectivity index (χ4v) is 3.50. The first-order valence-corrected chi connectivity index (χ1v) is 9.18. The molecule has 2 heterocycles. The predicted molar refractivity (Wildman–Crippen MR) is 97.1 cm³/mol. The van der Waals surface area contributed by atoms with E-state index in [1.54, 1.807) is 6.92 Å². The largest absolute Gasteiger partial charge is 0.352 e. The van der Waals surface area contributed by atoms with Gasteiger partial charge in [0, 0.05) is 13.0 Å². The molecule has 1 unspecified atom stereocenters. The average Bonchev–Trinajstić information content (AvgIpc) is 2.92. The zero-order valence-corrected chi connectivity index (χ0v) is 15.1. The molecule has 2 fully saturated rings. The minimum Gasteiger partial charge on any atom is -0.352 e. The maximum atomic E-state index is 12.0. The van der Waals surface area contributed by atoms with Gasteiger partial charge < -0.3 is 16.0 Å². The molecule has 0 bridgehead atoms. The predicted octanol–water partition coefficient (Wildman–Crippen LogP) is 1.14. The lowest BCUT2D eigenvalue weighted by molar-refractivity contribution is -0.123. The average molecular weight is 358 g/mol. The van der Waals surface area contributed by atoms with Crippen molar-refractivity contribution in [2.75, 3.05) is 13.1 Å². The summed E-state index contributed by atoms with van der Waals surface area (Å²) in [6.45, 7) is 4.23. The normalized spacial score (nSPS) is 23.4. The molecule has 26 heavy (non-hydrogen) atoms. The Bertz CT molecular complexity index is 683. The van der Waals surface area contributed by atoms with E-state index < -0.39 is 11.6 Å². The SMILES string of the molecule is CC1(c2ccc(CNC(=O)CCC3CCNCC3)cc2)NC(=O)NC1=O. The van der Waals surface area contributed by atoms with E-state index in [-0.39, 0.29) is 11.8 Å². The molecule has 2 saturated heterocycles. The Hall–Kier alpha value is -2.41. The van der Waals surface area contributed by atoms with Crippen LogP contribution in [0.5, 0.6) is 0 Å². The lowest BCUT2D eigenvalue weighted by Gasteiger charge is -2.22. The molecule has 140 valence electrons. The van der Waals surface area contributed by atoms with Crippen LogP contribution < -0.4 is 21.3 Å². The summed E-state index contributed by atoms with van der Waals surface area (Å²) in [5, 5.41) is 11.2. The molecule has 3 rings (SSSR count). The summed E-state index contributed by atoms with van der Waals surface area (Å²) in [5.74, 6) is 0.360. The number of carbonyl (C=O) groups excluding carboxylic acids is 3. The Morgan fingerprint density at radius 2 is 1.88 bits per heavy atom. The van der Waals surface area contributed by atoms with Gasteiger partial charge >= 0.3 is 6.03 Å². The molecule has 2 aliphatic heterocycles. The van der Waals surface area contributed by atoms with Gasteiger partial charge in [0.1, 0.15) is 5.54 Å². The maximum Gasteiger partial charge on any atom is 0.322 e. The lowest BCUT2D eigenvalue weighted by Crippen LogP contribution is -2.40. The summed E-state index contributed by atoms with van der Waals surface area (Å²) >= 11 is 0. The zero-order chi connectivity index (χ0) is 18.6. The van der Waals surface area contributed by atoms with E-state index in [1.807, 2.05) is 24.3 Å². The van der Waals surface area contributed by atoms with Crippen molar-refractivity contribution in [2.45, 2.75) is 44.7 Å². The molecule has 4 N–H and O–H groups in total. The summed E-state index contributed by atoms with van der Waals surface area (Å²) in [6.07, 6.45) is 3.81. The minimum absolute atomic E-state index is 0.0713. The number of hydrogen-bond acceptors (Lipinski definition) is 4. The number of hydrogen-bond donors (Lipinski definition) is 4. The lowest BCUT2D eigenvalue weighted by atomic mass is 9.91. The van der Waals surface area contributed by atoms with Crippen molar-refractivity contribution < 1.29 is 14.4 Å². The first-order valence-electron chi connectivity index (χ1n) is 9.18.